The first-order valence-electron chi connectivity index (χ1n) is 14.1. The molecule has 194 valence electrons. The molecule has 0 aliphatic heterocycles. The van der Waals surface area contributed by atoms with Crippen LogP contribution in [-0.2, 0) is 6.54 Å². The lowest BCUT2D eigenvalue weighted by molar-refractivity contribution is 0.414. The molecule has 1 saturated carbocycles. The molecule has 6 rings (SSSR count). The third-order valence-electron chi connectivity index (χ3n) is 8.18. The number of rotatable bonds is 7. The molecule has 5 nitrogen and oxygen atoms in total. The number of hydrogen-bond acceptors (Lipinski definition) is 3. The summed E-state index contributed by atoms with van der Waals surface area (Å²) in [5.74, 6) is 2.04. The smallest absolute Gasteiger partial charge is 0.270 e. The fourth-order valence-electron chi connectivity index (χ4n) is 6.19. The van der Waals surface area contributed by atoms with Crippen LogP contribution in [0.5, 0.6) is 0 Å². The van der Waals surface area contributed by atoms with E-state index in [-0.39, 0.29) is 11.5 Å². The van der Waals surface area contributed by atoms with Crippen molar-refractivity contribution in [3.63, 3.8) is 0 Å². The predicted octanol–water partition coefficient (Wildman–Crippen LogP) is 7.67. The van der Waals surface area contributed by atoms with Gasteiger partial charge in [-0.3, -0.25) is 4.79 Å². The van der Waals surface area contributed by atoms with Crippen LogP contribution in [0.25, 0.3) is 22.1 Å². The first kappa shape index (κ1) is 24.6. The zero-order valence-electron chi connectivity index (χ0n) is 22.4. The second kappa shape index (κ2) is 10.6. The van der Waals surface area contributed by atoms with Gasteiger partial charge in [0.25, 0.3) is 5.56 Å². The Morgan fingerprint density at radius 1 is 0.868 bits per heavy atom. The van der Waals surface area contributed by atoms with Crippen LogP contribution in [0.1, 0.15) is 92.8 Å². The maximum absolute atomic E-state index is 12.6. The summed E-state index contributed by atoms with van der Waals surface area (Å²) in [6.07, 6.45) is 7.20. The molecular formula is C33H36N4O. The largest absolute Gasteiger partial charge is 0.328 e. The molecule has 2 heterocycles. The molecule has 0 atom stereocenters. The number of nitrogens with zero attached hydrogens (tertiary/aromatic N) is 3. The summed E-state index contributed by atoms with van der Waals surface area (Å²) in [4.78, 5) is 25.7. The van der Waals surface area contributed by atoms with Gasteiger partial charge >= 0.3 is 0 Å². The van der Waals surface area contributed by atoms with E-state index in [2.05, 4.69) is 76.3 Å². The van der Waals surface area contributed by atoms with Crippen LogP contribution < -0.4 is 5.56 Å². The van der Waals surface area contributed by atoms with Crippen molar-refractivity contribution in [3.8, 4) is 0 Å². The lowest BCUT2D eigenvalue weighted by Gasteiger charge is -2.24. The van der Waals surface area contributed by atoms with Crippen molar-refractivity contribution in [2.24, 2.45) is 0 Å². The Morgan fingerprint density at radius 3 is 2.16 bits per heavy atom. The molecule has 0 spiro atoms. The van der Waals surface area contributed by atoms with Crippen molar-refractivity contribution in [2.75, 3.05) is 0 Å². The Labute approximate surface area is 224 Å². The Hall–Kier alpha value is -3.73. The van der Waals surface area contributed by atoms with E-state index in [9.17, 15) is 4.79 Å². The van der Waals surface area contributed by atoms with Crippen LogP contribution in [0, 0.1) is 0 Å². The van der Waals surface area contributed by atoms with Crippen LogP contribution in [-0.4, -0.2) is 19.5 Å². The minimum Gasteiger partial charge on any atom is -0.328 e. The molecule has 5 heteroatoms. The van der Waals surface area contributed by atoms with Crippen molar-refractivity contribution in [3.05, 3.63) is 106 Å². The van der Waals surface area contributed by atoms with Gasteiger partial charge in [-0.25, -0.2) is 9.97 Å². The van der Waals surface area contributed by atoms with Gasteiger partial charge in [-0.2, -0.15) is 0 Å². The Bertz CT molecular complexity index is 1560. The number of aromatic amines is 1. The van der Waals surface area contributed by atoms with Gasteiger partial charge in [-0.15, -0.1) is 0 Å². The molecule has 0 unspecified atom stereocenters. The van der Waals surface area contributed by atoms with Gasteiger partial charge in [0.1, 0.15) is 11.5 Å². The van der Waals surface area contributed by atoms with Crippen molar-refractivity contribution in [2.45, 2.75) is 76.7 Å². The number of nitrogens with one attached hydrogen (secondary N) is 1. The molecule has 0 amide bonds. The van der Waals surface area contributed by atoms with E-state index >= 15 is 0 Å². The minimum absolute atomic E-state index is 0.0686. The molecule has 0 radical (unpaired) electrons. The van der Waals surface area contributed by atoms with Crippen LogP contribution in [0.3, 0.4) is 0 Å². The number of benzene rings is 3. The van der Waals surface area contributed by atoms with Crippen LogP contribution in [0.2, 0.25) is 0 Å². The summed E-state index contributed by atoms with van der Waals surface area (Å²) < 4.78 is 2.46. The highest BCUT2D eigenvalue weighted by atomic mass is 16.1. The summed E-state index contributed by atoms with van der Waals surface area (Å²) >= 11 is 0. The molecule has 1 aliphatic rings. The summed E-state index contributed by atoms with van der Waals surface area (Å²) in [5.41, 5.74) is 6.83. The zero-order valence-corrected chi connectivity index (χ0v) is 22.4. The molecule has 1 aliphatic carbocycles. The third kappa shape index (κ3) is 4.78. The van der Waals surface area contributed by atoms with Gasteiger partial charge in [0.15, 0.2) is 0 Å². The summed E-state index contributed by atoms with van der Waals surface area (Å²) in [5, 5.41) is 0. The van der Waals surface area contributed by atoms with E-state index in [1.807, 2.05) is 19.9 Å². The van der Waals surface area contributed by atoms with Gasteiger partial charge in [0, 0.05) is 24.3 Å². The number of H-pyrrole nitrogens is 1. The first-order chi connectivity index (χ1) is 18.6. The molecular weight excluding hydrogens is 468 g/mol. The van der Waals surface area contributed by atoms with E-state index < -0.39 is 0 Å². The molecule has 2 aromatic heterocycles. The van der Waals surface area contributed by atoms with Crippen LogP contribution >= 0.6 is 0 Å². The van der Waals surface area contributed by atoms with E-state index in [0.29, 0.717) is 17.5 Å². The number of aryl methyl sites for hydroxylation is 1. The lowest BCUT2D eigenvalue weighted by atomic mass is 9.87. The summed E-state index contributed by atoms with van der Waals surface area (Å²) in [6, 6.07) is 25.9. The van der Waals surface area contributed by atoms with Gasteiger partial charge in [0.05, 0.1) is 22.1 Å². The Morgan fingerprint density at radius 2 is 1.53 bits per heavy atom. The van der Waals surface area contributed by atoms with Crippen molar-refractivity contribution < 1.29 is 0 Å². The first-order valence-corrected chi connectivity index (χ1v) is 14.1. The molecule has 38 heavy (non-hydrogen) atoms. The molecule has 3 aromatic carbocycles. The highest BCUT2D eigenvalue weighted by Crippen LogP contribution is 2.36. The summed E-state index contributed by atoms with van der Waals surface area (Å²) in [7, 11) is 0. The quantitative estimate of drug-likeness (QED) is 0.247. The highest BCUT2D eigenvalue weighted by Gasteiger charge is 2.24. The molecule has 0 bridgehead atoms. The lowest BCUT2D eigenvalue weighted by Crippen LogP contribution is -2.16. The van der Waals surface area contributed by atoms with E-state index in [1.165, 1.54) is 49.1 Å². The van der Waals surface area contributed by atoms with Gasteiger partial charge in [-0.05, 0) is 42.5 Å². The van der Waals surface area contributed by atoms with Crippen LogP contribution in [0.15, 0.2) is 77.6 Å². The third-order valence-corrected chi connectivity index (χ3v) is 8.18. The molecule has 5 aromatic rings. The standard InChI is InChI=1S/C33H36N4O/c1-22(2)31-33(38)36-27-20-29-30(21-28(27)34-31)37(32(35-29)25-16-10-5-11-17-25)19-18-26(23-12-6-3-7-13-23)24-14-8-4-9-15-24/h3-4,6-9,12-15,20-22,25-26H,5,10-11,16-19H2,1-2H3,(H,36,38). The zero-order chi connectivity index (χ0) is 26.1. The van der Waals surface area contributed by atoms with Gasteiger partial charge in [-0.1, -0.05) is 93.8 Å². The van der Waals surface area contributed by atoms with E-state index in [1.54, 1.807) is 0 Å². The van der Waals surface area contributed by atoms with Gasteiger partial charge < -0.3 is 9.55 Å². The Balaban J connectivity index is 1.45. The van der Waals surface area contributed by atoms with Crippen LogP contribution in [0.4, 0.5) is 0 Å². The minimum atomic E-state index is -0.104. The molecule has 1 N–H and O–H groups in total. The topological polar surface area (TPSA) is 63.6 Å². The predicted molar refractivity (Wildman–Crippen MR) is 155 cm³/mol. The normalized spacial score (nSPS) is 14.7. The van der Waals surface area contributed by atoms with Gasteiger partial charge in [0.2, 0.25) is 0 Å². The second-order valence-electron chi connectivity index (χ2n) is 11.1. The average molecular weight is 505 g/mol. The maximum atomic E-state index is 12.6. The number of imidazole rings is 1. The summed E-state index contributed by atoms with van der Waals surface area (Å²) in [6.45, 7) is 4.91. The van der Waals surface area contributed by atoms with Crippen molar-refractivity contribution in [1.82, 2.24) is 19.5 Å². The number of hydrogen-bond donors (Lipinski definition) is 1. The monoisotopic (exact) mass is 504 g/mol. The van der Waals surface area contributed by atoms with Crippen molar-refractivity contribution >= 4 is 22.1 Å². The van der Waals surface area contributed by atoms with Crippen molar-refractivity contribution in [1.29, 1.82) is 0 Å². The highest BCUT2D eigenvalue weighted by molar-refractivity contribution is 5.91. The number of fused-ring (bicyclic) bond motifs is 2. The molecule has 1 fully saturated rings. The molecule has 0 saturated heterocycles. The fraction of sp³-hybridized carbons (Fsp3) is 0.364. The average Bonchev–Trinajstić information content (AvgIpc) is 3.30. The SMILES string of the molecule is CC(C)c1nc2cc3c(cc2[nH]c1=O)nc(C1CCCCC1)n3CCC(c1ccccc1)c1ccccc1. The second-order valence-corrected chi connectivity index (χ2v) is 11.1. The van der Waals surface area contributed by atoms with E-state index in [0.717, 1.165) is 35.0 Å². The Kier molecular flexibility index (Phi) is 6.84. The fourth-order valence-corrected chi connectivity index (χ4v) is 6.19. The maximum Gasteiger partial charge on any atom is 0.270 e. The number of aromatic nitrogens is 4. The van der Waals surface area contributed by atoms with E-state index in [4.69, 9.17) is 9.97 Å².